The van der Waals surface area contributed by atoms with E-state index in [0.717, 1.165) is 22.1 Å². The van der Waals surface area contributed by atoms with E-state index in [0.29, 0.717) is 10.6 Å². The molecule has 150 valence electrons. The fraction of sp³-hybridized carbons (Fsp3) is 0.0556. The third-order valence-electron chi connectivity index (χ3n) is 3.96. The smallest absolute Gasteiger partial charge is 0.394 e. The number of nitrogens with one attached hydrogen (secondary N) is 1. The number of hydrogen-bond acceptors (Lipinski definition) is 5. The van der Waals surface area contributed by atoms with Crippen molar-refractivity contribution < 1.29 is 33.4 Å². The lowest BCUT2D eigenvalue weighted by atomic mass is 10.1. The van der Waals surface area contributed by atoms with Crippen molar-refractivity contribution in [2.45, 2.75) is 6.54 Å². The van der Waals surface area contributed by atoms with Gasteiger partial charge in [-0.05, 0) is 17.5 Å². The van der Waals surface area contributed by atoms with Crippen molar-refractivity contribution in [3.8, 4) is 0 Å². The zero-order valence-corrected chi connectivity index (χ0v) is 16.2. The Hall–Kier alpha value is -3.28. The Morgan fingerprint density at radius 2 is 1.76 bits per heavy atom. The number of carbonyl (C=O) groups excluding carboxylic acids is 1. The van der Waals surface area contributed by atoms with Gasteiger partial charge in [0.2, 0.25) is 0 Å². The molecule has 0 spiro atoms. The maximum atomic E-state index is 12.0. The molecule has 1 aromatic heterocycles. The summed E-state index contributed by atoms with van der Waals surface area (Å²) in [5.41, 5.74) is 0.159. The molecule has 0 bridgehead atoms. The number of aromatic carboxylic acids is 1. The maximum absolute atomic E-state index is 12.0. The zero-order valence-electron chi connectivity index (χ0n) is 14.6. The third-order valence-corrected chi connectivity index (χ3v) is 5.70. The number of aliphatic carboxylic acids is 1. The number of carboxylic acid groups (broad SMARTS) is 2. The largest absolute Gasteiger partial charge is 0.478 e. The molecule has 1 atom stereocenters. The summed E-state index contributed by atoms with van der Waals surface area (Å²) in [5.74, 6) is -4.50. The van der Waals surface area contributed by atoms with E-state index in [1.54, 1.807) is 24.3 Å². The van der Waals surface area contributed by atoms with Crippen LogP contribution in [0.15, 0.2) is 48.5 Å². The minimum absolute atomic E-state index is 0.134. The molecular formula is C18H14N2O7S2. The fourth-order valence-electron chi connectivity index (χ4n) is 2.72. The first-order valence-electron chi connectivity index (χ1n) is 8.04. The van der Waals surface area contributed by atoms with Crippen LogP contribution in [-0.4, -0.2) is 36.8 Å². The van der Waals surface area contributed by atoms with Crippen LogP contribution < -0.4 is 9.62 Å². The molecule has 9 nitrogen and oxygen atoms in total. The normalized spacial score (nSPS) is 11.8. The van der Waals surface area contributed by atoms with Crippen LogP contribution in [0, 0.1) is 0 Å². The number of anilines is 2. The second-order valence-electron chi connectivity index (χ2n) is 5.79. The summed E-state index contributed by atoms with van der Waals surface area (Å²) in [7, 11) is 0. The zero-order chi connectivity index (χ0) is 21.1. The van der Waals surface area contributed by atoms with E-state index in [4.69, 9.17) is 5.11 Å². The number of fused-ring (bicyclic) bond motifs is 1. The van der Waals surface area contributed by atoms with E-state index in [2.05, 4.69) is 0 Å². The fourth-order valence-corrected chi connectivity index (χ4v) is 4.41. The van der Waals surface area contributed by atoms with Crippen molar-refractivity contribution in [2.75, 3.05) is 9.62 Å². The summed E-state index contributed by atoms with van der Waals surface area (Å²) in [4.78, 5) is 33.9. The molecule has 0 aliphatic rings. The SMILES string of the molecule is O=C(O)C(=O)Nc1sc(CN(c2cccc3ccccc23)S(=O)O)cc1C(=O)O. The van der Waals surface area contributed by atoms with Gasteiger partial charge in [0, 0.05) is 10.3 Å². The quantitative estimate of drug-likeness (QED) is 0.345. The summed E-state index contributed by atoms with van der Waals surface area (Å²) < 4.78 is 23.0. The number of hydrogen-bond donors (Lipinski definition) is 4. The van der Waals surface area contributed by atoms with Crippen molar-refractivity contribution in [3.05, 3.63) is 59.0 Å². The van der Waals surface area contributed by atoms with Crippen LogP contribution in [0.4, 0.5) is 10.7 Å². The predicted molar refractivity (Wildman–Crippen MR) is 108 cm³/mol. The molecule has 3 aromatic rings. The summed E-state index contributed by atoms with van der Waals surface area (Å²) in [6, 6.07) is 13.7. The Morgan fingerprint density at radius 3 is 2.41 bits per heavy atom. The highest BCUT2D eigenvalue weighted by Gasteiger charge is 2.23. The molecule has 0 radical (unpaired) electrons. The van der Waals surface area contributed by atoms with Gasteiger partial charge < -0.3 is 15.5 Å². The van der Waals surface area contributed by atoms with Crippen LogP contribution in [0.5, 0.6) is 0 Å². The lowest BCUT2D eigenvalue weighted by Gasteiger charge is -2.21. The van der Waals surface area contributed by atoms with Gasteiger partial charge in [-0.25, -0.2) is 13.8 Å². The van der Waals surface area contributed by atoms with Gasteiger partial charge >= 0.3 is 17.8 Å². The molecule has 0 aliphatic carbocycles. The number of nitrogens with zero attached hydrogens (tertiary/aromatic N) is 1. The second-order valence-corrected chi connectivity index (χ2v) is 7.82. The minimum Gasteiger partial charge on any atom is -0.478 e. The molecule has 1 unspecified atom stereocenters. The molecule has 1 amide bonds. The van der Waals surface area contributed by atoms with E-state index in [1.807, 2.05) is 23.5 Å². The van der Waals surface area contributed by atoms with E-state index in [1.165, 1.54) is 10.4 Å². The van der Waals surface area contributed by atoms with Gasteiger partial charge in [-0.3, -0.25) is 13.7 Å². The van der Waals surface area contributed by atoms with Crippen LogP contribution in [0.3, 0.4) is 0 Å². The van der Waals surface area contributed by atoms with Crippen molar-refractivity contribution in [1.82, 2.24) is 0 Å². The van der Waals surface area contributed by atoms with Gasteiger partial charge in [0.15, 0.2) is 0 Å². The maximum Gasteiger partial charge on any atom is 0.394 e. The number of rotatable bonds is 6. The lowest BCUT2D eigenvalue weighted by molar-refractivity contribution is -0.147. The summed E-state index contributed by atoms with van der Waals surface area (Å²) in [5, 5.41) is 21.5. The van der Waals surface area contributed by atoms with Gasteiger partial charge in [0.25, 0.3) is 11.3 Å². The number of amides is 1. The summed E-state index contributed by atoms with van der Waals surface area (Å²) in [6.07, 6.45) is 0. The number of thiophene rings is 1. The first-order valence-corrected chi connectivity index (χ1v) is 9.92. The highest BCUT2D eigenvalue weighted by Crippen LogP contribution is 2.33. The Kier molecular flexibility index (Phi) is 5.92. The molecule has 1 heterocycles. The second kappa shape index (κ2) is 8.39. The molecule has 29 heavy (non-hydrogen) atoms. The van der Waals surface area contributed by atoms with Crippen molar-refractivity contribution in [1.29, 1.82) is 0 Å². The monoisotopic (exact) mass is 434 g/mol. The van der Waals surface area contributed by atoms with E-state index < -0.39 is 29.1 Å². The van der Waals surface area contributed by atoms with Gasteiger partial charge in [-0.1, -0.05) is 36.4 Å². The molecule has 4 N–H and O–H groups in total. The average molecular weight is 434 g/mol. The standard InChI is InChI=1S/C18H14N2O7S2/c21-15(18(24)25)19-16-13(17(22)23)8-11(28-16)9-20(29(26)27)14-7-3-5-10-4-1-2-6-12(10)14/h1-8H,9H2,(H,19,21)(H,22,23)(H,24,25)(H,26,27). The first kappa shape index (κ1) is 20.5. The van der Waals surface area contributed by atoms with E-state index in [-0.39, 0.29) is 17.1 Å². The molecule has 0 saturated carbocycles. The summed E-state index contributed by atoms with van der Waals surface area (Å²) >= 11 is -1.61. The molecule has 0 aliphatic heterocycles. The highest BCUT2D eigenvalue weighted by molar-refractivity contribution is 7.80. The minimum atomic E-state index is -2.43. The van der Waals surface area contributed by atoms with Crippen LogP contribution in [0.25, 0.3) is 10.8 Å². The average Bonchev–Trinajstić information content (AvgIpc) is 3.08. The molecule has 0 fully saturated rings. The van der Waals surface area contributed by atoms with Crippen LogP contribution in [-0.2, 0) is 27.4 Å². The van der Waals surface area contributed by atoms with E-state index in [9.17, 15) is 28.3 Å². The number of benzene rings is 2. The molecule has 3 rings (SSSR count). The van der Waals surface area contributed by atoms with Gasteiger partial charge in [0.1, 0.15) is 5.00 Å². The molecule has 0 saturated heterocycles. The van der Waals surface area contributed by atoms with Crippen LogP contribution in [0.2, 0.25) is 0 Å². The van der Waals surface area contributed by atoms with Gasteiger partial charge in [-0.15, -0.1) is 11.3 Å². The number of carboxylic acids is 2. The Bertz CT molecular complexity index is 1140. The van der Waals surface area contributed by atoms with Crippen molar-refractivity contribution >= 4 is 61.9 Å². The Morgan fingerprint density at radius 1 is 1.07 bits per heavy atom. The molecule has 11 heteroatoms. The van der Waals surface area contributed by atoms with Crippen LogP contribution in [0.1, 0.15) is 15.2 Å². The van der Waals surface area contributed by atoms with Gasteiger partial charge in [0.05, 0.1) is 17.8 Å². The Labute approximate surface area is 170 Å². The first-order chi connectivity index (χ1) is 13.8. The van der Waals surface area contributed by atoms with Crippen molar-refractivity contribution in [3.63, 3.8) is 0 Å². The predicted octanol–water partition coefficient (Wildman–Crippen LogP) is 2.77. The highest BCUT2D eigenvalue weighted by atomic mass is 32.2. The van der Waals surface area contributed by atoms with Gasteiger partial charge in [-0.2, -0.15) is 0 Å². The topological polar surface area (TPSA) is 144 Å². The van der Waals surface area contributed by atoms with Crippen LogP contribution >= 0.6 is 11.3 Å². The molecule has 2 aromatic carbocycles. The lowest BCUT2D eigenvalue weighted by Crippen LogP contribution is -2.24. The number of carbonyl (C=O) groups is 3. The Balaban J connectivity index is 1.99. The molecular weight excluding hydrogens is 420 g/mol. The summed E-state index contributed by atoms with van der Waals surface area (Å²) in [6.45, 7) is -0.134. The van der Waals surface area contributed by atoms with E-state index >= 15 is 0 Å². The van der Waals surface area contributed by atoms with Crippen molar-refractivity contribution in [2.24, 2.45) is 0 Å². The third kappa shape index (κ3) is 4.42.